The Hall–Kier alpha value is -1.26. The number of hydrogen-bond donors (Lipinski definition) is 2. The molecule has 1 unspecified atom stereocenters. The zero-order chi connectivity index (χ0) is 16.2. The first-order valence-electron chi connectivity index (χ1n) is 6.95. The van der Waals surface area contributed by atoms with Crippen LogP contribution in [0, 0.1) is 10.8 Å². The van der Waals surface area contributed by atoms with Crippen LogP contribution in [0.25, 0.3) is 0 Å². The number of carbonyl (C=O) groups is 2. The molecule has 114 valence electrons. The van der Waals surface area contributed by atoms with Gasteiger partial charge in [-0.3, -0.25) is 9.59 Å². The molecule has 20 heavy (non-hydrogen) atoms. The first-order chi connectivity index (χ1) is 8.80. The van der Waals surface area contributed by atoms with Gasteiger partial charge < -0.3 is 10.2 Å². The third-order valence-corrected chi connectivity index (χ3v) is 3.56. The van der Waals surface area contributed by atoms with Crippen molar-refractivity contribution in [3.05, 3.63) is 12.2 Å². The maximum atomic E-state index is 11.1. The molecular formula is C15H27BO4. The normalized spacial score (nSPS) is 16.1. The van der Waals surface area contributed by atoms with Crippen LogP contribution in [-0.4, -0.2) is 30.0 Å². The highest BCUT2D eigenvalue weighted by Gasteiger charge is 2.33. The van der Waals surface area contributed by atoms with Gasteiger partial charge in [0.1, 0.15) is 7.85 Å². The van der Waals surface area contributed by atoms with Crippen molar-refractivity contribution < 1.29 is 19.8 Å². The number of rotatable bonds is 8. The number of carboxylic acids is 2. The van der Waals surface area contributed by atoms with E-state index >= 15 is 0 Å². The molecule has 0 aliphatic rings. The summed E-state index contributed by atoms with van der Waals surface area (Å²) in [7, 11) is 2.00. The smallest absolute Gasteiger partial charge is 0.309 e. The van der Waals surface area contributed by atoms with Crippen LogP contribution in [0.3, 0.4) is 0 Å². The second-order valence-electron chi connectivity index (χ2n) is 7.48. The lowest BCUT2D eigenvalue weighted by molar-refractivity contribution is -0.148. The Morgan fingerprint density at radius 1 is 1.00 bits per heavy atom. The van der Waals surface area contributed by atoms with Gasteiger partial charge in [-0.25, -0.2) is 0 Å². The van der Waals surface area contributed by atoms with Crippen LogP contribution < -0.4 is 0 Å². The molecule has 0 fully saturated rings. The molecule has 0 aliphatic carbocycles. The first-order valence-corrected chi connectivity index (χ1v) is 6.95. The Bertz CT molecular complexity index is 395. The lowest BCUT2D eigenvalue weighted by Crippen LogP contribution is -2.28. The van der Waals surface area contributed by atoms with E-state index in [0.29, 0.717) is 19.3 Å². The summed E-state index contributed by atoms with van der Waals surface area (Å²) in [5.74, 6) is -1.59. The molecule has 0 radical (unpaired) electrons. The van der Waals surface area contributed by atoms with Crippen LogP contribution in [0.15, 0.2) is 12.2 Å². The lowest BCUT2D eigenvalue weighted by atomic mass is 9.62. The molecule has 0 aliphatic heterocycles. The van der Waals surface area contributed by atoms with Gasteiger partial charge in [0.2, 0.25) is 0 Å². The van der Waals surface area contributed by atoms with Gasteiger partial charge in [0.15, 0.2) is 0 Å². The molecule has 0 aromatic rings. The number of allylic oxidation sites excluding steroid dienone is 2. The molecule has 0 amide bonds. The second kappa shape index (κ2) is 6.46. The standard InChI is InChI=1S/C15H27BO4/c1-13(2,11(17)18)8-6-7-9-15(5,16)10-14(3,4)12(19)20/h7,9H,6,8,10,16H2,1-5H3,(H,17,18)(H,19,20)/b9-7+. The number of aliphatic carboxylic acids is 2. The molecule has 5 heteroatoms. The van der Waals surface area contributed by atoms with Gasteiger partial charge in [0.05, 0.1) is 10.8 Å². The van der Waals surface area contributed by atoms with Crippen molar-refractivity contribution in [2.45, 2.75) is 59.2 Å². The van der Waals surface area contributed by atoms with Crippen molar-refractivity contribution in [1.82, 2.24) is 0 Å². The average Bonchev–Trinajstić information content (AvgIpc) is 2.22. The van der Waals surface area contributed by atoms with Gasteiger partial charge in [-0.2, -0.15) is 0 Å². The Balaban J connectivity index is 4.52. The predicted molar refractivity (Wildman–Crippen MR) is 82.7 cm³/mol. The van der Waals surface area contributed by atoms with E-state index in [1.165, 1.54) is 0 Å². The van der Waals surface area contributed by atoms with Gasteiger partial charge in [0, 0.05) is 0 Å². The van der Waals surface area contributed by atoms with Crippen LogP contribution >= 0.6 is 0 Å². The molecular weight excluding hydrogens is 255 g/mol. The van der Waals surface area contributed by atoms with Gasteiger partial charge in [-0.05, 0) is 52.3 Å². The van der Waals surface area contributed by atoms with Gasteiger partial charge in [-0.15, -0.1) is 0 Å². The molecule has 0 saturated heterocycles. The van der Waals surface area contributed by atoms with Crippen molar-refractivity contribution in [3.8, 4) is 0 Å². The summed E-state index contributed by atoms with van der Waals surface area (Å²) in [5.41, 5.74) is -1.50. The minimum absolute atomic E-state index is 0.227. The predicted octanol–water partition coefficient (Wildman–Crippen LogP) is 2.75. The van der Waals surface area contributed by atoms with E-state index in [1.54, 1.807) is 27.7 Å². The van der Waals surface area contributed by atoms with Crippen molar-refractivity contribution in [3.63, 3.8) is 0 Å². The third kappa shape index (κ3) is 6.26. The average molecular weight is 282 g/mol. The molecule has 0 heterocycles. The zero-order valence-corrected chi connectivity index (χ0v) is 13.5. The summed E-state index contributed by atoms with van der Waals surface area (Å²) in [6, 6.07) is 0. The van der Waals surface area contributed by atoms with Crippen LogP contribution in [-0.2, 0) is 9.59 Å². The third-order valence-electron chi connectivity index (χ3n) is 3.56. The maximum Gasteiger partial charge on any atom is 0.309 e. The highest BCUT2D eigenvalue weighted by Crippen LogP contribution is 2.38. The Kier molecular flexibility index (Phi) is 6.06. The van der Waals surface area contributed by atoms with E-state index in [9.17, 15) is 9.59 Å². The fourth-order valence-corrected chi connectivity index (χ4v) is 2.23. The molecule has 4 nitrogen and oxygen atoms in total. The highest BCUT2D eigenvalue weighted by molar-refractivity contribution is 6.16. The topological polar surface area (TPSA) is 74.6 Å². The number of hydrogen-bond acceptors (Lipinski definition) is 2. The fraction of sp³-hybridized carbons (Fsp3) is 0.733. The van der Waals surface area contributed by atoms with Gasteiger partial charge in [-0.1, -0.05) is 19.1 Å². The first kappa shape index (κ1) is 18.7. The van der Waals surface area contributed by atoms with E-state index in [1.807, 2.05) is 26.9 Å². The zero-order valence-electron chi connectivity index (χ0n) is 13.5. The van der Waals surface area contributed by atoms with Crippen LogP contribution in [0.5, 0.6) is 0 Å². The van der Waals surface area contributed by atoms with E-state index in [-0.39, 0.29) is 5.31 Å². The molecule has 0 aromatic heterocycles. The largest absolute Gasteiger partial charge is 0.481 e. The summed E-state index contributed by atoms with van der Waals surface area (Å²) in [4.78, 5) is 22.1. The molecule has 2 N–H and O–H groups in total. The van der Waals surface area contributed by atoms with E-state index in [4.69, 9.17) is 10.2 Å². The summed E-state index contributed by atoms with van der Waals surface area (Å²) >= 11 is 0. The van der Waals surface area contributed by atoms with E-state index < -0.39 is 22.8 Å². The van der Waals surface area contributed by atoms with Crippen molar-refractivity contribution in [2.75, 3.05) is 0 Å². The Labute approximate surface area is 122 Å². The van der Waals surface area contributed by atoms with E-state index in [2.05, 4.69) is 0 Å². The highest BCUT2D eigenvalue weighted by atomic mass is 16.4. The Morgan fingerprint density at radius 3 is 1.85 bits per heavy atom. The summed E-state index contributed by atoms with van der Waals surface area (Å²) in [6.07, 6.45) is 5.74. The Morgan fingerprint density at radius 2 is 1.45 bits per heavy atom. The van der Waals surface area contributed by atoms with E-state index in [0.717, 1.165) is 0 Å². The molecule has 0 rings (SSSR count). The molecule has 0 aromatic carbocycles. The van der Waals surface area contributed by atoms with Crippen LogP contribution in [0.1, 0.15) is 53.9 Å². The molecule has 0 saturated carbocycles. The quantitative estimate of drug-likeness (QED) is 0.530. The summed E-state index contributed by atoms with van der Waals surface area (Å²) < 4.78 is 0. The molecule has 0 bridgehead atoms. The monoisotopic (exact) mass is 282 g/mol. The van der Waals surface area contributed by atoms with Crippen LogP contribution in [0.2, 0.25) is 5.31 Å². The van der Waals surface area contributed by atoms with Crippen molar-refractivity contribution in [2.24, 2.45) is 10.8 Å². The van der Waals surface area contributed by atoms with Gasteiger partial charge >= 0.3 is 11.9 Å². The lowest BCUT2D eigenvalue weighted by Gasteiger charge is -2.29. The second-order valence-corrected chi connectivity index (χ2v) is 7.48. The fourth-order valence-electron chi connectivity index (χ4n) is 2.23. The molecule has 1 atom stereocenters. The minimum atomic E-state index is -0.800. The van der Waals surface area contributed by atoms with Crippen molar-refractivity contribution in [1.29, 1.82) is 0 Å². The number of carboxylic acid groups (broad SMARTS) is 2. The molecule has 0 spiro atoms. The maximum absolute atomic E-state index is 11.1. The SMILES string of the molecule is BC(C)(/C=C/CCC(C)(C)C(=O)O)CC(C)(C)C(=O)O. The summed E-state index contributed by atoms with van der Waals surface area (Å²) in [5, 5.41) is 18.0. The van der Waals surface area contributed by atoms with Gasteiger partial charge in [0.25, 0.3) is 0 Å². The van der Waals surface area contributed by atoms with Crippen LogP contribution in [0.4, 0.5) is 0 Å². The van der Waals surface area contributed by atoms with Crippen molar-refractivity contribution >= 4 is 19.8 Å². The minimum Gasteiger partial charge on any atom is -0.481 e. The summed E-state index contributed by atoms with van der Waals surface area (Å²) in [6.45, 7) is 8.86.